The first-order chi connectivity index (χ1) is 9.51. The highest BCUT2D eigenvalue weighted by Gasteiger charge is 2.24. The molecule has 0 atom stereocenters. The molecule has 1 aromatic rings. The third kappa shape index (κ3) is 2.91. The molecule has 8 nitrogen and oxygen atoms in total. The van der Waals surface area contributed by atoms with Gasteiger partial charge in [0.05, 0.1) is 18.0 Å². The monoisotopic (exact) mass is 278 g/mol. The SMILES string of the molecule is CNc1c(CN2CC(=O)NC(=O)C2)cccc1[N+](=O)[O-]. The van der Waals surface area contributed by atoms with Crippen LogP contribution in [0, 0.1) is 10.1 Å². The van der Waals surface area contributed by atoms with Crippen LogP contribution >= 0.6 is 0 Å². The Morgan fingerprint density at radius 3 is 2.55 bits per heavy atom. The summed E-state index contributed by atoms with van der Waals surface area (Å²) >= 11 is 0. The number of nitrogens with zero attached hydrogens (tertiary/aromatic N) is 2. The van der Waals surface area contributed by atoms with Gasteiger partial charge in [-0.2, -0.15) is 0 Å². The van der Waals surface area contributed by atoms with Gasteiger partial charge in [-0.1, -0.05) is 12.1 Å². The number of para-hydroxylation sites is 1. The molecule has 20 heavy (non-hydrogen) atoms. The van der Waals surface area contributed by atoms with E-state index in [0.717, 1.165) is 0 Å². The summed E-state index contributed by atoms with van der Waals surface area (Å²) in [6, 6.07) is 4.72. The van der Waals surface area contributed by atoms with Crippen molar-refractivity contribution in [1.82, 2.24) is 10.2 Å². The zero-order valence-corrected chi connectivity index (χ0v) is 10.9. The Morgan fingerprint density at radius 2 is 2.00 bits per heavy atom. The van der Waals surface area contributed by atoms with Crippen LogP contribution in [0.2, 0.25) is 0 Å². The molecular weight excluding hydrogens is 264 g/mol. The van der Waals surface area contributed by atoms with E-state index in [1.54, 1.807) is 24.1 Å². The highest BCUT2D eigenvalue weighted by Crippen LogP contribution is 2.28. The number of hydrogen-bond donors (Lipinski definition) is 2. The summed E-state index contributed by atoms with van der Waals surface area (Å²) in [5.41, 5.74) is 1.04. The molecule has 0 bridgehead atoms. The Morgan fingerprint density at radius 1 is 1.35 bits per heavy atom. The molecule has 1 aliphatic heterocycles. The minimum absolute atomic E-state index is 0.0298. The van der Waals surface area contributed by atoms with E-state index in [4.69, 9.17) is 0 Å². The lowest BCUT2D eigenvalue weighted by Crippen LogP contribution is -2.50. The summed E-state index contributed by atoms with van der Waals surface area (Å²) in [6.45, 7) is 0.478. The van der Waals surface area contributed by atoms with Gasteiger partial charge in [0, 0.05) is 19.7 Å². The van der Waals surface area contributed by atoms with Gasteiger partial charge in [-0.25, -0.2) is 0 Å². The second kappa shape index (κ2) is 5.66. The van der Waals surface area contributed by atoms with Crippen molar-refractivity contribution in [3.63, 3.8) is 0 Å². The Kier molecular flexibility index (Phi) is 3.94. The van der Waals surface area contributed by atoms with E-state index >= 15 is 0 Å². The first kappa shape index (κ1) is 13.9. The van der Waals surface area contributed by atoms with E-state index in [1.807, 2.05) is 0 Å². The normalized spacial score (nSPS) is 15.8. The smallest absolute Gasteiger partial charge is 0.292 e. The molecule has 1 aromatic carbocycles. The molecule has 8 heteroatoms. The highest BCUT2D eigenvalue weighted by atomic mass is 16.6. The van der Waals surface area contributed by atoms with Crippen molar-refractivity contribution in [3.05, 3.63) is 33.9 Å². The number of piperazine rings is 1. The molecule has 1 fully saturated rings. The molecule has 0 saturated carbocycles. The van der Waals surface area contributed by atoms with Crippen molar-refractivity contribution in [2.24, 2.45) is 0 Å². The number of hydrogen-bond acceptors (Lipinski definition) is 6. The van der Waals surface area contributed by atoms with Crippen molar-refractivity contribution in [2.45, 2.75) is 6.54 Å². The number of carbonyl (C=O) groups excluding carboxylic acids is 2. The van der Waals surface area contributed by atoms with Crippen molar-refractivity contribution in [2.75, 3.05) is 25.5 Å². The molecular formula is C12H14N4O4. The maximum atomic E-state index is 11.3. The number of nitro benzene ring substituents is 1. The topological polar surface area (TPSA) is 105 Å². The van der Waals surface area contributed by atoms with Gasteiger partial charge >= 0.3 is 0 Å². The van der Waals surface area contributed by atoms with Crippen LogP contribution in [0.3, 0.4) is 0 Å². The quantitative estimate of drug-likeness (QED) is 0.459. The number of imide groups is 1. The fraction of sp³-hybridized carbons (Fsp3) is 0.333. The summed E-state index contributed by atoms with van der Waals surface area (Å²) in [6.07, 6.45) is 0. The van der Waals surface area contributed by atoms with Gasteiger partial charge in [-0.3, -0.25) is 29.9 Å². The predicted octanol–water partition coefficient (Wildman–Crippen LogP) is 0.0949. The lowest BCUT2D eigenvalue weighted by Gasteiger charge is -2.25. The summed E-state index contributed by atoms with van der Waals surface area (Å²) in [7, 11) is 1.60. The highest BCUT2D eigenvalue weighted by molar-refractivity contribution is 5.99. The Labute approximate surface area is 114 Å². The number of benzene rings is 1. The number of carbonyl (C=O) groups is 2. The van der Waals surface area contributed by atoms with Crippen LogP contribution in [0.5, 0.6) is 0 Å². The standard InChI is InChI=1S/C12H14N4O4/c1-13-12-8(3-2-4-9(12)16(19)20)5-15-6-10(17)14-11(18)7-15/h2-4,13H,5-7H2,1H3,(H,14,17,18). The number of amides is 2. The lowest BCUT2D eigenvalue weighted by atomic mass is 10.1. The van der Waals surface area contributed by atoms with Crippen LogP contribution in [-0.2, 0) is 16.1 Å². The van der Waals surface area contributed by atoms with Gasteiger partial charge < -0.3 is 5.32 Å². The first-order valence-corrected chi connectivity index (χ1v) is 6.00. The Balaban J connectivity index is 2.25. The van der Waals surface area contributed by atoms with Gasteiger partial charge in [-0.05, 0) is 5.56 Å². The molecule has 1 saturated heterocycles. The van der Waals surface area contributed by atoms with E-state index in [2.05, 4.69) is 10.6 Å². The molecule has 2 N–H and O–H groups in total. The van der Waals surface area contributed by atoms with Crippen LogP contribution in [-0.4, -0.2) is 41.8 Å². The average Bonchev–Trinajstić information content (AvgIpc) is 2.37. The first-order valence-electron chi connectivity index (χ1n) is 6.00. The number of anilines is 1. The van der Waals surface area contributed by atoms with Crippen molar-refractivity contribution < 1.29 is 14.5 Å². The second-order valence-electron chi connectivity index (χ2n) is 4.43. The van der Waals surface area contributed by atoms with Crippen LogP contribution in [0.15, 0.2) is 18.2 Å². The molecule has 0 aliphatic carbocycles. The molecule has 0 unspecified atom stereocenters. The number of rotatable bonds is 4. The van der Waals surface area contributed by atoms with E-state index < -0.39 is 4.92 Å². The predicted molar refractivity (Wildman–Crippen MR) is 71.1 cm³/mol. The minimum atomic E-state index is -0.469. The van der Waals surface area contributed by atoms with E-state index in [1.165, 1.54) is 6.07 Å². The van der Waals surface area contributed by atoms with Crippen LogP contribution in [0.1, 0.15) is 5.56 Å². The number of nitro groups is 1. The maximum absolute atomic E-state index is 11.3. The number of nitrogens with one attached hydrogen (secondary N) is 2. The molecule has 106 valence electrons. The molecule has 0 aromatic heterocycles. The van der Waals surface area contributed by atoms with E-state index in [0.29, 0.717) is 11.3 Å². The average molecular weight is 278 g/mol. The zero-order chi connectivity index (χ0) is 14.7. The lowest BCUT2D eigenvalue weighted by molar-refractivity contribution is -0.384. The third-order valence-corrected chi connectivity index (χ3v) is 2.98. The molecule has 1 heterocycles. The zero-order valence-electron chi connectivity index (χ0n) is 10.9. The van der Waals surface area contributed by atoms with Gasteiger partial charge in [0.15, 0.2) is 0 Å². The summed E-state index contributed by atoms with van der Waals surface area (Å²) in [5, 5.41) is 16.0. The van der Waals surface area contributed by atoms with Crippen molar-refractivity contribution >= 4 is 23.2 Å². The van der Waals surface area contributed by atoms with Crippen molar-refractivity contribution in [3.8, 4) is 0 Å². The van der Waals surface area contributed by atoms with Gasteiger partial charge in [-0.15, -0.1) is 0 Å². The van der Waals surface area contributed by atoms with Crippen molar-refractivity contribution in [1.29, 1.82) is 0 Å². The third-order valence-electron chi connectivity index (χ3n) is 2.98. The fourth-order valence-electron chi connectivity index (χ4n) is 2.21. The summed E-state index contributed by atoms with van der Waals surface area (Å²) in [5.74, 6) is -0.727. The minimum Gasteiger partial charge on any atom is -0.382 e. The molecule has 2 rings (SSSR count). The van der Waals surface area contributed by atoms with Crippen LogP contribution < -0.4 is 10.6 Å². The Hall–Kier alpha value is -2.48. The molecule has 0 spiro atoms. The Bertz CT molecular complexity index is 557. The van der Waals surface area contributed by atoms with Crippen LogP contribution in [0.25, 0.3) is 0 Å². The maximum Gasteiger partial charge on any atom is 0.292 e. The van der Waals surface area contributed by atoms with Gasteiger partial charge in [0.2, 0.25) is 11.8 Å². The van der Waals surface area contributed by atoms with E-state index in [9.17, 15) is 19.7 Å². The molecule has 1 aliphatic rings. The summed E-state index contributed by atoms with van der Waals surface area (Å²) < 4.78 is 0. The van der Waals surface area contributed by atoms with Gasteiger partial charge in [0.1, 0.15) is 5.69 Å². The van der Waals surface area contributed by atoms with Gasteiger partial charge in [0.25, 0.3) is 5.69 Å². The molecule has 0 radical (unpaired) electrons. The second-order valence-corrected chi connectivity index (χ2v) is 4.43. The largest absolute Gasteiger partial charge is 0.382 e. The summed E-state index contributed by atoms with van der Waals surface area (Å²) in [4.78, 5) is 34.7. The van der Waals surface area contributed by atoms with Crippen LogP contribution in [0.4, 0.5) is 11.4 Å². The molecule has 2 amide bonds. The fourth-order valence-corrected chi connectivity index (χ4v) is 2.21. The van der Waals surface area contributed by atoms with E-state index in [-0.39, 0.29) is 37.1 Å².